The van der Waals surface area contributed by atoms with E-state index in [9.17, 15) is 28.5 Å². The average molecular weight is 627 g/mol. The van der Waals surface area contributed by atoms with Crippen LogP contribution in [0.1, 0.15) is 21.5 Å². The first kappa shape index (κ1) is 31.4. The molecule has 0 unspecified atom stereocenters. The summed E-state index contributed by atoms with van der Waals surface area (Å²) in [6, 6.07) is 21.2. The number of methoxy groups -OCH3 is 1. The van der Waals surface area contributed by atoms with Gasteiger partial charge in [0.15, 0.2) is 0 Å². The number of amides is 2. The molecule has 0 aliphatic carbocycles. The Kier molecular flexibility index (Phi) is 9.41. The van der Waals surface area contributed by atoms with Crippen molar-refractivity contribution >= 4 is 23.2 Å². The second kappa shape index (κ2) is 13.8. The number of likely N-dealkylation sites (N-methyl/N-ethyl adjacent to an activating group) is 1. The zero-order chi connectivity index (χ0) is 32.8. The van der Waals surface area contributed by atoms with Gasteiger partial charge in [0.2, 0.25) is 5.91 Å². The van der Waals surface area contributed by atoms with Crippen LogP contribution in [0.2, 0.25) is 0 Å². The smallest absolute Gasteiger partial charge is 0.269 e. The first-order chi connectivity index (χ1) is 22.1. The van der Waals surface area contributed by atoms with Crippen molar-refractivity contribution < 1.29 is 28.0 Å². The predicted octanol–water partition coefficient (Wildman–Crippen LogP) is 5.19. The molecule has 2 amide bonds. The maximum Gasteiger partial charge on any atom is 0.269 e. The van der Waals surface area contributed by atoms with E-state index in [0.29, 0.717) is 28.3 Å². The molecule has 1 heterocycles. The minimum atomic E-state index is -1.18. The topological polar surface area (TPSA) is 132 Å². The van der Waals surface area contributed by atoms with Gasteiger partial charge in [0.25, 0.3) is 11.6 Å². The highest BCUT2D eigenvalue weighted by Crippen LogP contribution is 2.22. The van der Waals surface area contributed by atoms with E-state index in [0.717, 1.165) is 18.2 Å². The lowest BCUT2D eigenvalue weighted by molar-refractivity contribution is -0.384. The summed E-state index contributed by atoms with van der Waals surface area (Å²) >= 11 is 0. The van der Waals surface area contributed by atoms with Crippen molar-refractivity contribution in [1.29, 1.82) is 0 Å². The molecule has 1 aromatic heterocycles. The summed E-state index contributed by atoms with van der Waals surface area (Å²) in [5.41, 5.74) is 2.55. The number of ether oxygens (including phenoxy) is 1. The fourth-order valence-electron chi connectivity index (χ4n) is 4.86. The van der Waals surface area contributed by atoms with E-state index < -0.39 is 34.4 Å². The first-order valence-electron chi connectivity index (χ1n) is 14.0. The summed E-state index contributed by atoms with van der Waals surface area (Å²) in [5, 5.41) is 22.1. The van der Waals surface area contributed by atoms with Crippen molar-refractivity contribution in [2.45, 2.75) is 19.0 Å². The fraction of sp³-hybridized carbons (Fsp3) is 0.152. The molecular weight excluding hydrogens is 598 g/mol. The Balaban J connectivity index is 1.36. The van der Waals surface area contributed by atoms with Gasteiger partial charge in [-0.05, 0) is 59.7 Å². The molecule has 11 nitrogen and oxygen atoms in total. The average Bonchev–Trinajstić information content (AvgIpc) is 3.52. The van der Waals surface area contributed by atoms with E-state index in [1.54, 1.807) is 66.9 Å². The number of aromatic nitrogens is 3. The molecule has 0 aliphatic rings. The third-order valence-corrected chi connectivity index (χ3v) is 7.18. The Morgan fingerprint density at radius 2 is 1.70 bits per heavy atom. The number of hydrogen-bond donors (Lipinski definition) is 1. The lowest BCUT2D eigenvalue weighted by Crippen LogP contribution is -2.48. The number of carbonyl (C=O) groups excluding carboxylic acids is 2. The van der Waals surface area contributed by atoms with Crippen LogP contribution in [0.25, 0.3) is 11.3 Å². The molecule has 0 spiro atoms. The number of nitrogens with zero attached hydrogens (tertiary/aromatic N) is 5. The molecule has 13 heteroatoms. The van der Waals surface area contributed by atoms with Gasteiger partial charge in [0.1, 0.15) is 29.1 Å². The van der Waals surface area contributed by atoms with E-state index in [1.165, 1.54) is 35.9 Å². The number of nitro groups is 1. The number of anilines is 1. The Bertz CT molecular complexity index is 1880. The van der Waals surface area contributed by atoms with Gasteiger partial charge in [-0.1, -0.05) is 29.5 Å². The monoisotopic (exact) mass is 626 g/mol. The van der Waals surface area contributed by atoms with Crippen LogP contribution in [0.4, 0.5) is 20.2 Å². The molecule has 1 N–H and O–H groups in total. The fourth-order valence-corrected chi connectivity index (χ4v) is 4.86. The number of carbonyl (C=O) groups is 2. The standard InChI is InChI=1S/C33H28F2N6O5/c1-39(27-9-11-29(46-2)12-10-27)33(43)30(16-22-13-25(34)18-26(35)14-22)36-32(42)24-7-4-6-23(17-24)31-20-40(38-37-31)19-21-5-3-8-28(15-21)41(44)45/h3-15,17-18,20,30H,16,19H2,1-2H3,(H,36,42)/t30-/m0/s1. The molecule has 46 heavy (non-hydrogen) atoms. The van der Waals surface area contributed by atoms with Crippen LogP contribution in [0.3, 0.4) is 0 Å². The van der Waals surface area contributed by atoms with E-state index in [-0.39, 0.29) is 29.8 Å². The number of non-ortho nitro benzene ring substituents is 1. The summed E-state index contributed by atoms with van der Waals surface area (Å²) in [7, 11) is 3.05. The van der Waals surface area contributed by atoms with Gasteiger partial charge in [-0.3, -0.25) is 19.7 Å². The molecule has 0 aliphatic heterocycles. The van der Waals surface area contributed by atoms with Gasteiger partial charge in [0.05, 0.1) is 24.8 Å². The van der Waals surface area contributed by atoms with Crippen molar-refractivity contribution in [3.63, 3.8) is 0 Å². The highest BCUT2D eigenvalue weighted by atomic mass is 19.1. The Morgan fingerprint density at radius 3 is 2.39 bits per heavy atom. The number of halogens is 2. The van der Waals surface area contributed by atoms with Crippen molar-refractivity contribution in [2.24, 2.45) is 0 Å². The molecular formula is C33H28F2N6O5. The summed E-state index contributed by atoms with van der Waals surface area (Å²) in [6.45, 7) is 0.237. The zero-order valence-corrected chi connectivity index (χ0v) is 24.8. The van der Waals surface area contributed by atoms with E-state index in [1.807, 2.05) is 0 Å². The second-order valence-corrected chi connectivity index (χ2v) is 10.4. The summed E-state index contributed by atoms with van der Waals surface area (Å²) in [6.07, 6.45) is 1.47. The Morgan fingerprint density at radius 1 is 0.978 bits per heavy atom. The van der Waals surface area contributed by atoms with Crippen LogP contribution in [0.15, 0.2) is 97.2 Å². The SMILES string of the molecule is COc1ccc(N(C)C(=O)[C@H](Cc2cc(F)cc(F)c2)NC(=O)c2cccc(-c3cn(Cc4cccc([N+](=O)[O-])c4)nn3)c2)cc1. The van der Waals surface area contributed by atoms with E-state index in [2.05, 4.69) is 15.6 Å². The maximum absolute atomic E-state index is 14.0. The summed E-state index contributed by atoms with van der Waals surface area (Å²) in [4.78, 5) is 39.1. The van der Waals surface area contributed by atoms with Crippen LogP contribution < -0.4 is 15.0 Å². The minimum Gasteiger partial charge on any atom is -0.497 e. The number of nitro benzene ring substituents is 1. The number of rotatable bonds is 11. The van der Waals surface area contributed by atoms with Gasteiger partial charge < -0.3 is 15.0 Å². The Labute approximate surface area is 262 Å². The van der Waals surface area contributed by atoms with Crippen LogP contribution in [0.5, 0.6) is 5.75 Å². The quantitative estimate of drug-likeness (QED) is 0.158. The number of nitrogens with one attached hydrogen (secondary N) is 1. The number of benzene rings is 4. The van der Waals surface area contributed by atoms with E-state index in [4.69, 9.17) is 4.74 Å². The van der Waals surface area contributed by atoms with Crippen molar-refractivity contribution in [3.05, 3.63) is 136 Å². The molecule has 0 radical (unpaired) electrons. The third kappa shape index (κ3) is 7.56. The number of hydrogen-bond acceptors (Lipinski definition) is 7. The van der Waals surface area contributed by atoms with Gasteiger partial charge in [-0.25, -0.2) is 13.5 Å². The lowest BCUT2D eigenvalue weighted by Gasteiger charge is -2.25. The minimum absolute atomic E-state index is 0.0361. The van der Waals surface area contributed by atoms with Gasteiger partial charge in [0, 0.05) is 48.5 Å². The van der Waals surface area contributed by atoms with Gasteiger partial charge >= 0.3 is 0 Å². The van der Waals surface area contributed by atoms with Crippen LogP contribution >= 0.6 is 0 Å². The molecule has 0 bridgehead atoms. The van der Waals surface area contributed by atoms with Gasteiger partial charge in [-0.2, -0.15) is 0 Å². The maximum atomic E-state index is 14.0. The van der Waals surface area contributed by atoms with E-state index >= 15 is 0 Å². The van der Waals surface area contributed by atoms with Crippen molar-refractivity contribution in [2.75, 3.05) is 19.1 Å². The Hall–Kier alpha value is -5.98. The molecule has 5 rings (SSSR count). The largest absolute Gasteiger partial charge is 0.497 e. The van der Waals surface area contributed by atoms with Crippen molar-refractivity contribution in [3.8, 4) is 17.0 Å². The lowest BCUT2D eigenvalue weighted by atomic mass is 10.0. The molecule has 1 atom stereocenters. The summed E-state index contributed by atoms with van der Waals surface area (Å²) in [5.74, 6) is -2.12. The van der Waals surface area contributed by atoms with Crippen LogP contribution in [-0.4, -0.2) is 51.9 Å². The zero-order valence-electron chi connectivity index (χ0n) is 24.8. The normalized spacial score (nSPS) is 11.5. The first-order valence-corrected chi connectivity index (χ1v) is 14.0. The molecule has 0 fully saturated rings. The highest BCUT2D eigenvalue weighted by molar-refractivity contribution is 6.02. The molecule has 4 aromatic carbocycles. The second-order valence-electron chi connectivity index (χ2n) is 10.4. The van der Waals surface area contributed by atoms with Crippen molar-refractivity contribution in [1.82, 2.24) is 20.3 Å². The van der Waals surface area contributed by atoms with Gasteiger partial charge in [-0.15, -0.1) is 5.10 Å². The van der Waals surface area contributed by atoms with Crippen LogP contribution in [0, 0.1) is 21.7 Å². The van der Waals surface area contributed by atoms with Crippen LogP contribution in [-0.2, 0) is 17.8 Å². The molecule has 5 aromatic rings. The predicted molar refractivity (Wildman–Crippen MR) is 165 cm³/mol. The molecule has 0 saturated heterocycles. The summed E-state index contributed by atoms with van der Waals surface area (Å²) < 4.78 is 34.7. The molecule has 234 valence electrons. The third-order valence-electron chi connectivity index (χ3n) is 7.18. The molecule has 0 saturated carbocycles. The highest BCUT2D eigenvalue weighted by Gasteiger charge is 2.26.